The van der Waals surface area contributed by atoms with Gasteiger partial charge in [-0.25, -0.2) is 0 Å². The van der Waals surface area contributed by atoms with Crippen LogP contribution in [0, 0.1) is 5.92 Å². The van der Waals surface area contributed by atoms with Crippen molar-refractivity contribution < 1.29 is 30.6 Å². The lowest BCUT2D eigenvalue weighted by Gasteiger charge is -2.25. The van der Waals surface area contributed by atoms with Gasteiger partial charge < -0.3 is 0 Å². The Bertz CT molecular complexity index is 565. The van der Waals surface area contributed by atoms with Crippen molar-refractivity contribution in [1.29, 1.82) is 0 Å². The summed E-state index contributed by atoms with van der Waals surface area (Å²) in [6.45, 7) is 0. The number of rotatable bonds is 3. The maximum absolute atomic E-state index is 12.2. The lowest BCUT2D eigenvalue weighted by Crippen LogP contribution is -2.30. The molecule has 0 saturated heterocycles. The van der Waals surface area contributed by atoms with Crippen molar-refractivity contribution in [3.63, 3.8) is 0 Å². The third-order valence-electron chi connectivity index (χ3n) is 3.64. The minimum absolute atomic E-state index is 0.0750. The Balaban J connectivity index is 1.94. The maximum Gasteiger partial charge on any atom is 0.523 e. The van der Waals surface area contributed by atoms with Gasteiger partial charge in [-0.2, -0.15) is 21.6 Å². The summed E-state index contributed by atoms with van der Waals surface area (Å²) >= 11 is 0. The minimum atomic E-state index is -5.57. The van der Waals surface area contributed by atoms with E-state index in [4.69, 9.17) is 0 Å². The summed E-state index contributed by atoms with van der Waals surface area (Å²) in [6.07, 6.45) is 6.03. The minimum Gasteiger partial charge on any atom is -0.300 e. The van der Waals surface area contributed by atoms with E-state index in [9.17, 15) is 26.4 Å². The average molecular weight is 324 g/mol. The fourth-order valence-corrected chi connectivity index (χ4v) is 3.06. The number of allylic oxidation sites excluding steroid dienone is 2. The molecule has 0 radical (unpaired) electrons. The molecule has 1 atom stereocenters. The van der Waals surface area contributed by atoms with Gasteiger partial charge in [0, 0.05) is 12.8 Å². The zero-order valence-corrected chi connectivity index (χ0v) is 11.9. The van der Waals surface area contributed by atoms with Crippen LogP contribution in [0.1, 0.15) is 32.1 Å². The zero-order valence-electron chi connectivity index (χ0n) is 11.1. The molecule has 2 aliphatic carbocycles. The average Bonchev–Trinajstić information content (AvgIpc) is 2.39. The van der Waals surface area contributed by atoms with Crippen LogP contribution in [0.3, 0.4) is 0 Å². The van der Waals surface area contributed by atoms with Gasteiger partial charge in [0.05, 0.1) is 6.10 Å². The first-order valence-corrected chi connectivity index (χ1v) is 7.99. The van der Waals surface area contributed by atoms with E-state index in [1.165, 1.54) is 6.08 Å². The van der Waals surface area contributed by atoms with Crippen molar-refractivity contribution in [2.75, 3.05) is 0 Å². The van der Waals surface area contributed by atoms with Gasteiger partial charge in [0.1, 0.15) is 5.78 Å². The first kappa shape index (κ1) is 16.2. The highest BCUT2D eigenvalue weighted by molar-refractivity contribution is 7.87. The quantitative estimate of drug-likeness (QED) is 0.591. The van der Waals surface area contributed by atoms with Crippen molar-refractivity contribution in [3.05, 3.63) is 23.8 Å². The highest BCUT2D eigenvalue weighted by Crippen LogP contribution is 2.33. The third-order valence-corrected chi connectivity index (χ3v) is 4.71. The summed E-state index contributed by atoms with van der Waals surface area (Å²) in [6, 6.07) is 0. The topological polar surface area (TPSA) is 60.4 Å². The molecular formula is C13H15F3O4S. The van der Waals surface area contributed by atoms with Crippen molar-refractivity contribution in [3.8, 4) is 0 Å². The number of alkyl halides is 3. The van der Waals surface area contributed by atoms with Gasteiger partial charge in [-0.15, -0.1) is 0 Å². The Morgan fingerprint density at radius 2 is 1.81 bits per heavy atom. The second-order valence-electron chi connectivity index (χ2n) is 5.15. The highest BCUT2D eigenvalue weighted by Gasteiger charge is 2.48. The van der Waals surface area contributed by atoms with Gasteiger partial charge in [-0.05, 0) is 30.8 Å². The number of ketones is 1. The Morgan fingerprint density at radius 1 is 1.19 bits per heavy atom. The van der Waals surface area contributed by atoms with E-state index in [1.54, 1.807) is 12.2 Å². The highest BCUT2D eigenvalue weighted by atomic mass is 32.2. The van der Waals surface area contributed by atoms with Crippen LogP contribution in [0.15, 0.2) is 23.8 Å². The summed E-state index contributed by atoms with van der Waals surface area (Å²) in [5, 5.41) is 0. The Morgan fingerprint density at radius 3 is 2.29 bits per heavy atom. The molecule has 0 aliphatic heterocycles. The van der Waals surface area contributed by atoms with Gasteiger partial charge in [0.25, 0.3) is 0 Å². The van der Waals surface area contributed by atoms with Crippen LogP contribution in [0.2, 0.25) is 0 Å². The van der Waals surface area contributed by atoms with Crippen LogP contribution >= 0.6 is 0 Å². The van der Waals surface area contributed by atoms with E-state index < -0.39 is 21.7 Å². The maximum atomic E-state index is 12.2. The molecular weight excluding hydrogens is 309 g/mol. The van der Waals surface area contributed by atoms with Gasteiger partial charge in [-0.3, -0.25) is 8.98 Å². The molecule has 0 spiro atoms. The monoisotopic (exact) mass is 324 g/mol. The molecule has 1 fully saturated rings. The summed E-state index contributed by atoms with van der Waals surface area (Å²) < 4.78 is 62.6. The predicted molar refractivity (Wildman–Crippen MR) is 68.7 cm³/mol. The van der Waals surface area contributed by atoms with Gasteiger partial charge in [0.15, 0.2) is 0 Å². The molecule has 118 valence electrons. The molecule has 1 unspecified atom stereocenters. The SMILES string of the molecule is O=C1CCC(C2=CCC(OS(=O)(=O)C(F)(F)F)C=C2)CC1. The molecule has 0 aromatic rings. The molecule has 4 nitrogen and oxygen atoms in total. The first-order chi connectivity index (χ1) is 9.69. The van der Waals surface area contributed by atoms with Gasteiger partial charge >= 0.3 is 15.6 Å². The predicted octanol–water partition coefficient (Wildman–Crippen LogP) is 2.87. The second kappa shape index (κ2) is 5.92. The molecule has 2 rings (SSSR count). The van der Waals surface area contributed by atoms with Gasteiger partial charge in [-0.1, -0.05) is 18.2 Å². The second-order valence-corrected chi connectivity index (χ2v) is 6.71. The van der Waals surface area contributed by atoms with Crippen LogP contribution < -0.4 is 0 Å². The molecule has 0 aromatic carbocycles. The van der Waals surface area contributed by atoms with Crippen molar-refractivity contribution in [2.24, 2.45) is 5.92 Å². The van der Waals surface area contributed by atoms with Crippen molar-refractivity contribution >= 4 is 15.9 Å². The van der Waals surface area contributed by atoms with E-state index in [-0.39, 0.29) is 18.1 Å². The largest absolute Gasteiger partial charge is 0.523 e. The Labute approximate surface area is 120 Å². The van der Waals surface area contributed by atoms with Gasteiger partial charge in [0.2, 0.25) is 0 Å². The lowest BCUT2D eigenvalue weighted by molar-refractivity contribution is -0.120. The first-order valence-electron chi connectivity index (χ1n) is 6.58. The summed E-state index contributed by atoms with van der Waals surface area (Å²) in [5.41, 5.74) is -4.47. The standard InChI is InChI=1S/C13H15F3O4S/c14-13(15,16)21(18,19)20-12-7-3-10(4-8-12)9-1-5-11(17)6-2-9/h3-4,7,9,12H,1-2,5-6,8H2. The summed E-state index contributed by atoms with van der Waals surface area (Å²) in [4.78, 5) is 11.2. The molecule has 0 bridgehead atoms. The van der Waals surface area contributed by atoms with E-state index in [1.807, 2.05) is 0 Å². The van der Waals surface area contributed by atoms with Crippen LogP contribution in [0.5, 0.6) is 0 Å². The van der Waals surface area contributed by atoms with Crippen LogP contribution in [0.25, 0.3) is 0 Å². The normalized spacial score (nSPS) is 25.0. The van der Waals surface area contributed by atoms with E-state index in [0.29, 0.717) is 12.8 Å². The smallest absolute Gasteiger partial charge is 0.300 e. The molecule has 1 saturated carbocycles. The third kappa shape index (κ3) is 3.94. The number of carbonyl (C=O) groups excluding carboxylic acids is 1. The molecule has 0 N–H and O–H groups in total. The molecule has 0 aromatic heterocycles. The molecule has 0 amide bonds. The summed E-state index contributed by atoms with van der Waals surface area (Å²) in [7, 11) is -5.57. The molecule has 2 aliphatic rings. The number of hydrogen-bond acceptors (Lipinski definition) is 4. The molecule has 21 heavy (non-hydrogen) atoms. The van der Waals surface area contributed by atoms with Crippen molar-refractivity contribution in [2.45, 2.75) is 43.7 Å². The van der Waals surface area contributed by atoms with E-state index >= 15 is 0 Å². The molecule has 0 heterocycles. The van der Waals surface area contributed by atoms with E-state index in [0.717, 1.165) is 18.4 Å². The lowest BCUT2D eigenvalue weighted by atomic mass is 9.81. The fraction of sp³-hybridized carbons (Fsp3) is 0.615. The van der Waals surface area contributed by atoms with E-state index in [2.05, 4.69) is 4.18 Å². The number of Topliss-reactive ketones (excluding diaryl/α,β-unsaturated/α-hetero) is 1. The fourth-order valence-electron chi connectivity index (χ4n) is 2.48. The van der Waals surface area contributed by atoms with Crippen LogP contribution in [-0.2, 0) is 19.1 Å². The Kier molecular flexibility index (Phi) is 4.57. The molecule has 8 heteroatoms. The number of halogens is 3. The summed E-state index contributed by atoms with van der Waals surface area (Å²) in [5.74, 6) is 0.434. The Hall–Kier alpha value is -1.15. The number of carbonyl (C=O) groups is 1. The number of hydrogen-bond donors (Lipinski definition) is 0. The zero-order chi connectivity index (χ0) is 15.7. The van der Waals surface area contributed by atoms with Crippen LogP contribution in [-0.4, -0.2) is 25.8 Å². The van der Waals surface area contributed by atoms with Crippen LogP contribution in [0.4, 0.5) is 13.2 Å². The van der Waals surface area contributed by atoms with Crippen molar-refractivity contribution in [1.82, 2.24) is 0 Å².